The van der Waals surface area contributed by atoms with Gasteiger partial charge >= 0.3 is 0 Å². The van der Waals surface area contributed by atoms with Crippen LogP contribution in [0.5, 0.6) is 11.5 Å². The lowest BCUT2D eigenvalue weighted by molar-refractivity contribution is -0.134. The second-order valence-electron chi connectivity index (χ2n) is 11.3. The molecule has 0 radical (unpaired) electrons. The topological polar surface area (TPSA) is 148 Å². The quantitative estimate of drug-likeness (QED) is 0.247. The number of benzene rings is 2. The lowest BCUT2D eigenvalue weighted by Gasteiger charge is -2.27. The maximum absolute atomic E-state index is 13.8. The first-order chi connectivity index (χ1) is 21.1. The predicted molar refractivity (Wildman–Crippen MR) is 161 cm³/mol. The highest BCUT2D eigenvalue weighted by molar-refractivity contribution is 5.98. The lowest BCUT2D eigenvalue weighted by atomic mass is 9.94. The second kappa shape index (κ2) is 15.1. The fourth-order valence-corrected chi connectivity index (χ4v) is 5.01. The van der Waals surface area contributed by atoms with Gasteiger partial charge in [-0.05, 0) is 43.5 Å². The zero-order valence-electron chi connectivity index (χ0n) is 25.7. The third kappa shape index (κ3) is 9.01. The summed E-state index contributed by atoms with van der Waals surface area (Å²) >= 11 is 0. The number of nitrogens with one attached hydrogen (secondary N) is 3. The largest absolute Gasteiger partial charge is 0.493 e. The molecule has 44 heavy (non-hydrogen) atoms. The summed E-state index contributed by atoms with van der Waals surface area (Å²) in [5, 5.41) is 8.38. The van der Waals surface area contributed by atoms with Gasteiger partial charge in [0.1, 0.15) is 17.7 Å². The van der Waals surface area contributed by atoms with Crippen molar-refractivity contribution in [2.45, 2.75) is 50.4 Å². The minimum atomic E-state index is -1.07. The Kier molecular flexibility index (Phi) is 11.3. The van der Waals surface area contributed by atoms with Crippen LogP contribution < -0.4 is 25.4 Å². The van der Waals surface area contributed by atoms with E-state index in [1.54, 1.807) is 32.0 Å². The Bertz CT molecular complexity index is 1310. The summed E-state index contributed by atoms with van der Waals surface area (Å²) in [5.41, 5.74) is 0.594. The van der Waals surface area contributed by atoms with Gasteiger partial charge in [-0.2, -0.15) is 0 Å². The van der Waals surface area contributed by atoms with Gasteiger partial charge in [0, 0.05) is 19.5 Å². The van der Waals surface area contributed by atoms with Crippen LogP contribution in [0.1, 0.15) is 25.0 Å². The maximum Gasteiger partial charge on any atom is 0.243 e. The number of carbonyl (C=O) groups excluding carboxylic acids is 4. The number of hydrogen-bond donors (Lipinski definition) is 3. The Morgan fingerprint density at radius 3 is 2.14 bits per heavy atom. The zero-order valence-corrected chi connectivity index (χ0v) is 25.7. The monoisotopic (exact) mass is 610 g/mol. The molecule has 2 aromatic carbocycles. The molecule has 2 heterocycles. The van der Waals surface area contributed by atoms with Gasteiger partial charge in [0.05, 0.1) is 46.6 Å². The lowest BCUT2D eigenvalue weighted by Crippen LogP contribution is -2.57. The Hall–Kier alpha value is -4.00. The van der Waals surface area contributed by atoms with Gasteiger partial charge in [-0.15, -0.1) is 0 Å². The van der Waals surface area contributed by atoms with Gasteiger partial charge in [-0.3, -0.25) is 24.1 Å². The first-order valence-corrected chi connectivity index (χ1v) is 14.7. The molecule has 2 aromatic rings. The van der Waals surface area contributed by atoms with Crippen molar-refractivity contribution in [3.05, 3.63) is 59.7 Å². The maximum atomic E-state index is 13.8. The summed E-state index contributed by atoms with van der Waals surface area (Å²) in [5.74, 6) is -0.640. The molecule has 3 N–H and O–H groups in total. The first-order valence-electron chi connectivity index (χ1n) is 14.7. The number of Topliss-reactive ketones (excluding diaryl/α,β-unsaturated/α-hetero) is 1. The molecule has 0 aromatic heterocycles. The predicted octanol–water partition coefficient (Wildman–Crippen LogP) is 0.654. The van der Waals surface area contributed by atoms with Crippen molar-refractivity contribution in [3.63, 3.8) is 0 Å². The van der Waals surface area contributed by atoms with Crippen LogP contribution in [-0.2, 0) is 41.5 Å². The molecule has 238 valence electrons. The van der Waals surface area contributed by atoms with Crippen LogP contribution in [0.15, 0.2) is 48.5 Å². The second-order valence-corrected chi connectivity index (χ2v) is 11.3. The molecule has 12 heteroatoms. The van der Waals surface area contributed by atoms with E-state index in [0.717, 1.165) is 5.56 Å². The van der Waals surface area contributed by atoms with Gasteiger partial charge in [-0.1, -0.05) is 36.4 Å². The highest BCUT2D eigenvalue weighted by atomic mass is 16.6. The SMILES string of the molecule is COc1ccc(C[C@H](NC(=O)[C@@H](C)NC(=O)CN2CCOCC2)C(=O)N[C@@H](Cc2ccccc2)C(=O)[C@@]2(C)CO2)cc1OC. The van der Waals surface area contributed by atoms with E-state index in [1.807, 2.05) is 35.2 Å². The molecule has 12 nitrogen and oxygen atoms in total. The molecule has 4 rings (SSSR count). The zero-order chi connectivity index (χ0) is 31.7. The van der Waals surface area contributed by atoms with Crippen molar-refractivity contribution in [1.29, 1.82) is 0 Å². The van der Waals surface area contributed by atoms with Crippen LogP contribution in [0.4, 0.5) is 0 Å². The van der Waals surface area contributed by atoms with E-state index in [9.17, 15) is 19.2 Å². The average molecular weight is 611 g/mol. The van der Waals surface area contributed by atoms with Gasteiger partial charge in [0.2, 0.25) is 17.7 Å². The number of methoxy groups -OCH3 is 2. The Morgan fingerprint density at radius 1 is 0.864 bits per heavy atom. The number of amides is 3. The molecule has 0 spiro atoms. The Balaban J connectivity index is 1.50. The number of morpholine rings is 1. The van der Waals surface area contributed by atoms with Crippen molar-refractivity contribution in [3.8, 4) is 11.5 Å². The smallest absolute Gasteiger partial charge is 0.243 e. The van der Waals surface area contributed by atoms with Crippen molar-refractivity contribution in [2.24, 2.45) is 0 Å². The van der Waals surface area contributed by atoms with E-state index >= 15 is 0 Å². The molecule has 0 bridgehead atoms. The number of hydrogen-bond acceptors (Lipinski definition) is 9. The molecule has 0 aliphatic carbocycles. The van der Waals surface area contributed by atoms with Gasteiger partial charge in [0.15, 0.2) is 17.3 Å². The van der Waals surface area contributed by atoms with Gasteiger partial charge in [-0.25, -0.2) is 0 Å². The number of ether oxygens (including phenoxy) is 4. The van der Waals surface area contributed by atoms with E-state index < -0.39 is 35.5 Å². The molecular weight excluding hydrogens is 568 g/mol. The minimum Gasteiger partial charge on any atom is -0.493 e. The van der Waals surface area contributed by atoms with Crippen LogP contribution in [0, 0.1) is 0 Å². The van der Waals surface area contributed by atoms with E-state index in [1.165, 1.54) is 14.2 Å². The molecule has 2 saturated heterocycles. The van der Waals surface area contributed by atoms with Crippen LogP contribution in [0.25, 0.3) is 0 Å². The fraction of sp³-hybridized carbons (Fsp3) is 0.500. The van der Waals surface area contributed by atoms with Crippen LogP contribution >= 0.6 is 0 Å². The Morgan fingerprint density at radius 2 is 1.50 bits per heavy atom. The molecular formula is C32H42N4O8. The highest BCUT2D eigenvalue weighted by Gasteiger charge is 2.50. The van der Waals surface area contributed by atoms with Gasteiger partial charge in [0.25, 0.3) is 0 Å². The minimum absolute atomic E-state index is 0.0897. The summed E-state index contributed by atoms with van der Waals surface area (Å²) in [4.78, 5) is 55.1. The van der Waals surface area contributed by atoms with E-state index in [4.69, 9.17) is 18.9 Å². The fourth-order valence-electron chi connectivity index (χ4n) is 5.01. The van der Waals surface area contributed by atoms with E-state index in [-0.39, 0.29) is 37.7 Å². The van der Waals surface area contributed by atoms with Crippen LogP contribution in [-0.4, -0.2) is 106 Å². The molecule has 2 fully saturated rings. The number of carbonyl (C=O) groups is 4. The first kappa shape index (κ1) is 32.9. The van der Waals surface area contributed by atoms with Crippen molar-refractivity contribution in [1.82, 2.24) is 20.9 Å². The molecule has 2 aliphatic heterocycles. The van der Waals surface area contributed by atoms with Crippen molar-refractivity contribution >= 4 is 23.5 Å². The molecule has 0 unspecified atom stereocenters. The van der Waals surface area contributed by atoms with Crippen LogP contribution in [0.2, 0.25) is 0 Å². The van der Waals surface area contributed by atoms with E-state index in [0.29, 0.717) is 43.4 Å². The summed E-state index contributed by atoms with van der Waals surface area (Å²) in [6, 6.07) is 11.7. The average Bonchev–Trinajstić information content (AvgIpc) is 3.78. The summed E-state index contributed by atoms with van der Waals surface area (Å²) in [6.07, 6.45) is 0.349. The molecule has 2 aliphatic rings. The van der Waals surface area contributed by atoms with Crippen molar-refractivity contribution in [2.75, 3.05) is 53.7 Å². The summed E-state index contributed by atoms with van der Waals surface area (Å²) in [7, 11) is 3.03. The van der Waals surface area contributed by atoms with Crippen LogP contribution in [0.3, 0.4) is 0 Å². The number of ketones is 1. The molecule has 4 atom stereocenters. The third-order valence-corrected chi connectivity index (χ3v) is 7.78. The summed E-state index contributed by atoms with van der Waals surface area (Å²) in [6.45, 7) is 6.04. The number of nitrogens with zero attached hydrogens (tertiary/aromatic N) is 1. The normalized spacial score (nSPS) is 20.0. The number of rotatable bonds is 15. The van der Waals surface area contributed by atoms with Crippen molar-refractivity contribution < 1.29 is 38.1 Å². The summed E-state index contributed by atoms with van der Waals surface area (Å²) < 4.78 is 21.5. The van der Waals surface area contributed by atoms with Gasteiger partial charge < -0.3 is 34.9 Å². The molecule has 3 amide bonds. The standard InChI is InChI=1S/C32H42N4O8/c1-21(33-28(37)19-36-12-14-43-15-13-36)30(39)35-25(17-23-10-11-26(41-3)27(18-23)42-4)31(40)34-24(29(38)32(2)20-44-32)16-22-8-6-5-7-9-22/h5-11,18,21,24-25H,12-17,19-20H2,1-4H3,(H,33,37)(H,34,40)(H,35,39)/t21-,24+,25+,32-/m1/s1. The molecule has 0 saturated carbocycles. The van der Waals surface area contributed by atoms with E-state index in [2.05, 4.69) is 16.0 Å². The Labute approximate surface area is 257 Å². The number of epoxide rings is 1. The third-order valence-electron chi connectivity index (χ3n) is 7.78. The highest BCUT2D eigenvalue weighted by Crippen LogP contribution is 2.30.